The molecule has 2 nitrogen and oxygen atoms in total. The Hall–Kier alpha value is -0.0500. The summed E-state index contributed by atoms with van der Waals surface area (Å²) in [6, 6.07) is 0. The van der Waals surface area contributed by atoms with Crippen molar-refractivity contribution < 1.29 is 0 Å². The Balaban J connectivity index is 1.91. The van der Waals surface area contributed by atoms with E-state index < -0.39 is 0 Å². The molecular weight excluding hydrogens is 172 g/mol. The molecule has 1 aliphatic heterocycles. The minimum Gasteiger partial charge on any atom is -0.311 e. The summed E-state index contributed by atoms with van der Waals surface area (Å²) in [5.74, 6) is 0. The van der Waals surface area contributed by atoms with E-state index in [1.54, 1.807) is 0 Å². The van der Waals surface area contributed by atoms with E-state index in [-0.39, 0.29) is 0 Å². The van der Waals surface area contributed by atoms with E-state index in [9.17, 15) is 0 Å². The van der Waals surface area contributed by atoms with Crippen molar-refractivity contribution in [3.8, 4) is 0 Å². The number of hydrogen-bond acceptors (Lipinski definition) is 2. The molecule has 0 aromatic rings. The maximum absolute atomic E-state index is 5.60. The standard InChI is InChI=1S/C9H17ClN2/c1-9(10)8-11-4-7-12-5-2-3-6-12/h11H,1-8H2. The molecule has 0 aromatic heterocycles. The second-order valence-corrected chi connectivity index (χ2v) is 3.78. The molecule has 0 saturated carbocycles. The van der Waals surface area contributed by atoms with Crippen LogP contribution in [0.3, 0.4) is 0 Å². The molecule has 1 fully saturated rings. The topological polar surface area (TPSA) is 15.3 Å². The first-order chi connectivity index (χ1) is 5.79. The van der Waals surface area contributed by atoms with Gasteiger partial charge in [0.25, 0.3) is 0 Å². The smallest absolute Gasteiger partial charge is 0.0307 e. The lowest BCUT2D eigenvalue weighted by atomic mass is 10.4. The van der Waals surface area contributed by atoms with Crippen molar-refractivity contribution in [3.63, 3.8) is 0 Å². The third kappa shape index (κ3) is 4.10. The van der Waals surface area contributed by atoms with Crippen LogP contribution >= 0.6 is 11.6 Å². The van der Waals surface area contributed by atoms with Crippen LogP contribution in [0.5, 0.6) is 0 Å². The van der Waals surface area contributed by atoms with Gasteiger partial charge in [0, 0.05) is 24.7 Å². The lowest BCUT2D eigenvalue weighted by molar-refractivity contribution is 0.338. The fraction of sp³-hybridized carbons (Fsp3) is 0.778. The molecule has 0 aromatic carbocycles. The number of nitrogens with one attached hydrogen (secondary N) is 1. The summed E-state index contributed by atoms with van der Waals surface area (Å²) in [6.45, 7) is 9.04. The molecule has 0 aliphatic carbocycles. The highest BCUT2D eigenvalue weighted by Crippen LogP contribution is 2.05. The Morgan fingerprint density at radius 2 is 2.08 bits per heavy atom. The molecule has 1 heterocycles. The van der Waals surface area contributed by atoms with Crippen molar-refractivity contribution >= 4 is 11.6 Å². The maximum atomic E-state index is 5.60. The average Bonchev–Trinajstić information content (AvgIpc) is 2.49. The first-order valence-electron chi connectivity index (χ1n) is 4.55. The Morgan fingerprint density at radius 1 is 1.42 bits per heavy atom. The molecule has 0 radical (unpaired) electrons. The fourth-order valence-corrected chi connectivity index (χ4v) is 1.56. The van der Waals surface area contributed by atoms with Crippen LogP contribution in [0.25, 0.3) is 0 Å². The number of rotatable bonds is 5. The lowest BCUT2D eigenvalue weighted by Gasteiger charge is -2.14. The van der Waals surface area contributed by atoms with Crippen molar-refractivity contribution in [1.29, 1.82) is 0 Å². The molecule has 0 amide bonds. The van der Waals surface area contributed by atoms with Crippen molar-refractivity contribution in [2.24, 2.45) is 0 Å². The monoisotopic (exact) mass is 188 g/mol. The largest absolute Gasteiger partial charge is 0.311 e. The lowest BCUT2D eigenvalue weighted by Crippen LogP contribution is -2.30. The summed E-state index contributed by atoms with van der Waals surface area (Å²) in [5.41, 5.74) is 0. The summed E-state index contributed by atoms with van der Waals surface area (Å²) in [6.07, 6.45) is 2.73. The number of likely N-dealkylation sites (tertiary alicyclic amines) is 1. The van der Waals surface area contributed by atoms with Gasteiger partial charge < -0.3 is 10.2 Å². The molecule has 1 N–H and O–H groups in total. The maximum Gasteiger partial charge on any atom is 0.0307 e. The van der Waals surface area contributed by atoms with Gasteiger partial charge in [-0.3, -0.25) is 0 Å². The molecule has 12 heavy (non-hydrogen) atoms. The van der Waals surface area contributed by atoms with Crippen molar-refractivity contribution in [1.82, 2.24) is 10.2 Å². The Kier molecular flexibility index (Phi) is 4.66. The van der Waals surface area contributed by atoms with Gasteiger partial charge in [0.05, 0.1) is 0 Å². The van der Waals surface area contributed by atoms with Gasteiger partial charge in [-0.2, -0.15) is 0 Å². The highest BCUT2D eigenvalue weighted by Gasteiger charge is 2.09. The molecule has 0 bridgehead atoms. The van der Waals surface area contributed by atoms with E-state index in [2.05, 4.69) is 16.8 Å². The molecular formula is C9H17ClN2. The predicted octanol–water partition coefficient (Wildman–Crippen LogP) is 1.42. The van der Waals surface area contributed by atoms with Gasteiger partial charge in [0.15, 0.2) is 0 Å². The van der Waals surface area contributed by atoms with Crippen LogP contribution in [0.15, 0.2) is 11.6 Å². The van der Waals surface area contributed by atoms with Crippen molar-refractivity contribution in [2.45, 2.75) is 12.8 Å². The van der Waals surface area contributed by atoms with Gasteiger partial charge in [-0.1, -0.05) is 18.2 Å². The highest BCUT2D eigenvalue weighted by molar-refractivity contribution is 6.29. The normalized spacial score (nSPS) is 18.4. The van der Waals surface area contributed by atoms with E-state index in [4.69, 9.17) is 11.6 Å². The third-order valence-corrected chi connectivity index (χ3v) is 2.25. The quantitative estimate of drug-likeness (QED) is 0.657. The minimum absolute atomic E-state index is 0.691. The van der Waals surface area contributed by atoms with Crippen LogP contribution in [-0.2, 0) is 0 Å². The third-order valence-electron chi connectivity index (χ3n) is 2.12. The number of halogens is 1. The van der Waals surface area contributed by atoms with E-state index >= 15 is 0 Å². The van der Waals surface area contributed by atoms with Crippen LogP contribution < -0.4 is 5.32 Å². The SMILES string of the molecule is C=C(Cl)CNCCN1CCCC1. The van der Waals surface area contributed by atoms with Gasteiger partial charge >= 0.3 is 0 Å². The fourth-order valence-electron chi connectivity index (χ4n) is 1.47. The molecule has 0 spiro atoms. The van der Waals surface area contributed by atoms with E-state index in [1.807, 2.05) is 0 Å². The van der Waals surface area contributed by atoms with E-state index in [0.717, 1.165) is 19.6 Å². The van der Waals surface area contributed by atoms with Crippen LogP contribution in [0.1, 0.15) is 12.8 Å². The second kappa shape index (κ2) is 5.57. The first-order valence-corrected chi connectivity index (χ1v) is 4.93. The van der Waals surface area contributed by atoms with Crippen LogP contribution in [0.4, 0.5) is 0 Å². The Labute approximate surface area is 79.6 Å². The summed E-state index contributed by atoms with van der Waals surface area (Å²) < 4.78 is 0. The second-order valence-electron chi connectivity index (χ2n) is 3.24. The first kappa shape index (κ1) is 10.0. The summed E-state index contributed by atoms with van der Waals surface area (Å²) in [5, 5.41) is 3.93. The molecule has 1 saturated heterocycles. The average molecular weight is 189 g/mol. The van der Waals surface area contributed by atoms with Crippen molar-refractivity contribution in [3.05, 3.63) is 11.6 Å². The van der Waals surface area contributed by atoms with Crippen molar-refractivity contribution in [2.75, 3.05) is 32.7 Å². The van der Waals surface area contributed by atoms with Crippen LogP contribution in [0.2, 0.25) is 0 Å². The highest BCUT2D eigenvalue weighted by atomic mass is 35.5. The van der Waals surface area contributed by atoms with Gasteiger partial charge in [-0.15, -0.1) is 0 Å². The van der Waals surface area contributed by atoms with Crippen LogP contribution in [-0.4, -0.2) is 37.6 Å². The zero-order chi connectivity index (χ0) is 8.81. The van der Waals surface area contributed by atoms with Crippen LogP contribution in [0, 0.1) is 0 Å². The summed E-state index contributed by atoms with van der Waals surface area (Å²) >= 11 is 5.60. The Morgan fingerprint density at radius 3 is 2.67 bits per heavy atom. The molecule has 1 aliphatic rings. The van der Waals surface area contributed by atoms with Gasteiger partial charge in [-0.05, 0) is 25.9 Å². The predicted molar refractivity (Wildman–Crippen MR) is 53.5 cm³/mol. The molecule has 0 unspecified atom stereocenters. The number of nitrogens with zero attached hydrogens (tertiary/aromatic N) is 1. The van der Waals surface area contributed by atoms with Gasteiger partial charge in [0.2, 0.25) is 0 Å². The molecule has 3 heteroatoms. The minimum atomic E-state index is 0.691. The number of hydrogen-bond donors (Lipinski definition) is 1. The van der Waals surface area contributed by atoms with Gasteiger partial charge in [-0.25, -0.2) is 0 Å². The van der Waals surface area contributed by atoms with E-state index in [0.29, 0.717) is 5.03 Å². The Bertz CT molecular complexity index is 141. The zero-order valence-electron chi connectivity index (χ0n) is 7.48. The summed E-state index contributed by atoms with van der Waals surface area (Å²) in [4.78, 5) is 2.48. The summed E-state index contributed by atoms with van der Waals surface area (Å²) in [7, 11) is 0. The molecule has 0 atom stereocenters. The molecule has 70 valence electrons. The van der Waals surface area contributed by atoms with E-state index in [1.165, 1.54) is 25.9 Å². The zero-order valence-corrected chi connectivity index (χ0v) is 8.24. The molecule has 1 rings (SSSR count). The van der Waals surface area contributed by atoms with Gasteiger partial charge in [0.1, 0.15) is 0 Å².